The summed E-state index contributed by atoms with van der Waals surface area (Å²) in [5.41, 5.74) is 7.52. The molecule has 0 saturated carbocycles. The summed E-state index contributed by atoms with van der Waals surface area (Å²) in [4.78, 5) is 7.10. The van der Waals surface area contributed by atoms with Crippen LogP contribution in [0.3, 0.4) is 0 Å². The van der Waals surface area contributed by atoms with Crippen LogP contribution in [0, 0.1) is 0 Å². The molecule has 0 atom stereocenters. The van der Waals surface area contributed by atoms with E-state index >= 15 is 0 Å². The Balaban J connectivity index is 2.90. The standard InChI is InChI=1S/C13H23N5OS/c1-4-10-11(5-2)16-17-13(15-10)18(8-9-19-3)7-6-12(14)20/h4-9H2,1-3H3,(H2,14,20). The number of ether oxygens (including phenoxy) is 1. The number of methoxy groups -OCH3 is 1. The lowest BCUT2D eigenvalue weighted by molar-refractivity contribution is 0.205. The first kappa shape index (κ1) is 16.7. The fourth-order valence-corrected chi connectivity index (χ4v) is 1.91. The van der Waals surface area contributed by atoms with Gasteiger partial charge in [-0.15, -0.1) is 5.10 Å². The molecule has 0 aliphatic heterocycles. The topological polar surface area (TPSA) is 77.2 Å². The van der Waals surface area contributed by atoms with E-state index in [0.717, 1.165) is 24.2 Å². The number of hydrogen-bond donors (Lipinski definition) is 1. The van der Waals surface area contributed by atoms with Crippen LogP contribution in [0.4, 0.5) is 5.95 Å². The number of anilines is 1. The fourth-order valence-electron chi connectivity index (χ4n) is 1.82. The molecule has 1 rings (SSSR count). The van der Waals surface area contributed by atoms with E-state index in [4.69, 9.17) is 22.7 Å². The van der Waals surface area contributed by atoms with Gasteiger partial charge in [-0.2, -0.15) is 5.10 Å². The van der Waals surface area contributed by atoms with Gasteiger partial charge < -0.3 is 15.4 Å². The molecule has 0 aromatic carbocycles. The van der Waals surface area contributed by atoms with E-state index in [0.29, 0.717) is 37.1 Å². The zero-order chi connectivity index (χ0) is 15.0. The summed E-state index contributed by atoms with van der Waals surface area (Å²) in [6.07, 6.45) is 2.31. The van der Waals surface area contributed by atoms with Crippen LogP contribution in [0.5, 0.6) is 0 Å². The van der Waals surface area contributed by atoms with E-state index < -0.39 is 0 Å². The van der Waals surface area contributed by atoms with Gasteiger partial charge in [0.25, 0.3) is 0 Å². The minimum absolute atomic E-state index is 0.487. The van der Waals surface area contributed by atoms with E-state index in [1.807, 2.05) is 4.90 Å². The van der Waals surface area contributed by atoms with Crippen molar-refractivity contribution >= 4 is 23.2 Å². The lowest BCUT2D eigenvalue weighted by Crippen LogP contribution is -2.32. The molecule has 0 fully saturated rings. The Morgan fingerprint density at radius 2 is 1.90 bits per heavy atom. The first-order chi connectivity index (χ1) is 9.62. The molecule has 0 bridgehead atoms. The maximum absolute atomic E-state index is 5.57. The van der Waals surface area contributed by atoms with E-state index in [2.05, 4.69) is 29.0 Å². The van der Waals surface area contributed by atoms with Gasteiger partial charge in [-0.25, -0.2) is 4.98 Å². The maximum Gasteiger partial charge on any atom is 0.245 e. The second-order valence-electron chi connectivity index (χ2n) is 4.41. The highest BCUT2D eigenvalue weighted by atomic mass is 32.1. The number of thiocarbonyl (C=S) groups is 1. The number of hydrogen-bond acceptors (Lipinski definition) is 6. The van der Waals surface area contributed by atoms with Gasteiger partial charge in [-0.3, -0.25) is 0 Å². The zero-order valence-corrected chi connectivity index (χ0v) is 13.2. The molecule has 0 radical (unpaired) electrons. The molecular formula is C13H23N5OS. The first-order valence-electron chi connectivity index (χ1n) is 6.87. The fraction of sp³-hybridized carbons (Fsp3) is 0.692. The molecule has 2 N–H and O–H groups in total. The Morgan fingerprint density at radius 3 is 2.45 bits per heavy atom. The largest absolute Gasteiger partial charge is 0.393 e. The van der Waals surface area contributed by atoms with Crippen molar-refractivity contribution in [3.63, 3.8) is 0 Å². The Bertz CT molecular complexity index is 441. The molecule has 0 amide bonds. The van der Waals surface area contributed by atoms with Crippen LogP contribution in [-0.4, -0.2) is 47.0 Å². The van der Waals surface area contributed by atoms with E-state index in [1.54, 1.807) is 7.11 Å². The highest BCUT2D eigenvalue weighted by Crippen LogP contribution is 2.11. The Morgan fingerprint density at radius 1 is 1.20 bits per heavy atom. The van der Waals surface area contributed by atoms with E-state index in [9.17, 15) is 0 Å². The third kappa shape index (κ3) is 4.97. The molecule has 1 aromatic heterocycles. The summed E-state index contributed by atoms with van der Waals surface area (Å²) in [5.74, 6) is 0.618. The first-order valence-corrected chi connectivity index (χ1v) is 7.27. The minimum Gasteiger partial charge on any atom is -0.393 e. The van der Waals surface area contributed by atoms with Crippen LogP contribution in [0.25, 0.3) is 0 Å². The summed E-state index contributed by atoms with van der Waals surface area (Å²) in [7, 11) is 1.67. The molecule has 112 valence electrons. The molecule has 20 heavy (non-hydrogen) atoms. The molecule has 7 heteroatoms. The van der Waals surface area contributed by atoms with Crippen molar-refractivity contribution in [3.8, 4) is 0 Å². The van der Waals surface area contributed by atoms with Crippen molar-refractivity contribution < 1.29 is 4.74 Å². The third-order valence-corrected chi connectivity index (χ3v) is 3.18. The van der Waals surface area contributed by atoms with Crippen molar-refractivity contribution in [2.45, 2.75) is 33.1 Å². The van der Waals surface area contributed by atoms with Gasteiger partial charge in [-0.1, -0.05) is 26.1 Å². The van der Waals surface area contributed by atoms with E-state index in [-0.39, 0.29) is 0 Å². The summed E-state index contributed by atoms with van der Waals surface area (Å²) < 4.78 is 5.12. The zero-order valence-electron chi connectivity index (χ0n) is 12.4. The summed E-state index contributed by atoms with van der Waals surface area (Å²) in [5, 5.41) is 8.48. The van der Waals surface area contributed by atoms with E-state index in [1.165, 1.54) is 0 Å². The van der Waals surface area contributed by atoms with Crippen molar-refractivity contribution in [1.82, 2.24) is 15.2 Å². The average Bonchev–Trinajstić information content (AvgIpc) is 2.46. The number of rotatable bonds is 9. The highest BCUT2D eigenvalue weighted by Gasteiger charge is 2.13. The van der Waals surface area contributed by atoms with Crippen molar-refractivity contribution in [2.75, 3.05) is 31.7 Å². The monoisotopic (exact) mass is 297 g/mol. The summed E-state index contributed by atoms with van der Waals surface area (Å²) >= 11 is 4.93. The van der Waals surface area contributed by atoms with Crippen LogP contribution < -0.4 is 10.6 Å². The Hall–Kier alpha value is -1.34. The lowest BCUT2D eigenvalue weighted by atomic mass is 10.2. The minimum atomic E-state index is 0.487. The third-order valence-electron chi connectivity index (χ3n) is 2.97. The molecule has 6 nitrogen and oxygen atoms in total. The molecule has 0 aliphatic carbocycles. The number of nitrogens with zero attached hydrogens (tertiary/aromatic N) is 4. The molecule has 1 aromatic rings. The highest BCUT2D eigenvalue weighted by molar-refractivity contribution is 7.80. The second-order valence-corrected chi connectivity index (χ2v) is 4.93. The van der Waals surface area contributed by atoms with Crippen molar-refractivity contribution in [1.29, 1.82) is 0 Å². The van der Waals surface area contributed by atoms with Crippen LogP contribution >= 0.6 is 12.2 Å². The molecule has 1 heterocycles. The van der Waals surface area contributed by atoms with Crippen LogP contribution in [0.2, 0.25) is 0 Å². The Kier molecular flexibility index (Phi) is 7.32. The molecule has 0 spiro atoms. The van der Waals surface area contributed by atoms with Gasteiger partial charge in [-0.05, 0) is 12.8 Å². The van der Waals surface area contributed by atoms with Crippen molar-refractivity contribution in [2.24, 2.45) is 5.73 Å². The smallest absolute Gasteiger partial charge is 0.245 e. The number of nitrogens with two attached hydrogens (primary N) is 1. The van der Waals surface area contributed by atoms with Crippen molar-refractivity contribution in [3.05, 3.63) is 11.4 Å². The van der Waals surface area contributed by atoms with Crippen LogP contribution in [0.15, 0.2) is 0 Å². The SMILES string of the molecule is CCc1nnc(N(CCOC)CCC(N)=S)nc1CC. The van der Waals surface area contributed by atoms with Gasteiger partial charge in [0.1, 0.15) is 0 Å². The average molecular weight is 297 g/mol. The normalized spacial score (nSPS) is 10.6. The van der Waals surface area contributed by atoms with Gasteiger partial charge in [0.2, 0.25) is 5.95 Å². The molecule has 0 aliphatic rings. The maximum atomic E-state index is 5.57. The second kappa shape index (κ2) is 8.76. The number of aromatic nitrogens is 3. The summed E-state index contributed by atoms with van der Waals surface area (Å²) in [6.45, 7) is 6.09. The van der Waals surface area contributed by atoms with Gasteiger partial charge in [0.05, 0.1) is 23.0 Å². The predicted octanol–water partition coefficient (Wildman–Crippen LogP) is 1.13. The van der Waals surface area contributed by atoms with Crippen LogP contribution in [-0.2, 0) is 17.6 Å². The number of aryl methyl sites for hydroxylation is 2. The van der Waals surface area contributed by atoms with Crippen LogP contribution in [0.1, 0.15) is 31.7 Å². The quantitative estimate of drug-likeness (QED) is 0.684. The summed E-state index contributed by atoms with van der Waals surface area (Å²) in [6, 6.07) is 0. The van der Waals surface area contributed by atoms with Gasteiger partial charge in [0.15, 0.2) is 0 Å². The van der Waals surface area contributed by atoms with Gasteiger partial charge in [0, 0.05) is 26.6 Å². The molecule has 0 saturated heterocycles. The predicted molar refractivity (Wildman–Crippen MR) is 84.1 cm³/mol. The van der Waals surface area contributed by atoms with Gasteiger partial charge >= 0.3 is 0 Å². The molecule has 0 unspecified atom stereocenters. The Labute approximate surface area is 125 Å². The molecular weight excluding hydrogens is 274 g/mol. The lowest BCUT2D eigenvalue weighted by Gasteiger charge is -2.22.